The predicted molar refractivity (Wildman–Crippen MR) is 161 cm³/mol. The maximum atomic E-state index is 13.6. The van der Waals surface area contributed by atoms with E-state index in [-0.39, 0.29) is 56.9 Å². The Bertz CT molecular complexity index is 1270. The van der Waals surface area contributed by atoms with Gasteiger partial charge in [0.05, 0.1) is 31.2 Å². The van der Waals surface area contributed by atoms with Gasteiger partial charge in [-0.3, -0.25) is 9.59 Å². The number of methoxy groups -OCH3 is 1. The van der Waals surface area contributed by atoms with E-state index in [9.17, 15) is 24.3 Å². The Labute approximate surface area is 257 Å². The van der Waals surface area contributed by atoms with Crippen LogP contribution < -0.4 is 10.6 Å². The number of rotatable bonds is 9. The van der Waals surface area contributed by atoms with Gasteiger partial charge in [0.15, 0.2) is 0 Å². The average molecular weight is 608 g/mol. The fraction of sp³-hybridized carbons (Fsp3) is 0.455. The Morgan fingerprint density at radius 3 is 2.45 bits per heavy atom. The molecule has 0 radical (unpaired) electrons. The first-order valence-corrected chi connectivity index (χ1v) is 15.0. The number of hydrogen-bond donors (Lipinski definition) is 3. The van der Waals surface area contributed by atoms with Gasteiger partial charge >= 0.3 is 12.1 Å². The number of amides is 3. The predicted octanol–water partition coefficient (Wildman–Crippen LogP) is 3.04. The summed E-state index contributed by atoms with van der Waals surface area (Å²) in [6.07, 6.45) is 3.47. The molecule has 3 amide bonds. The van der Waals surface area contributed by atoms with E-state index in [4.69, 9.17) is 14.2 Å². The van der Waals surface area contributed by atoms with Crippen LogP contribution in [0.15, 0.2) is 72.8 Å². The number of aliphatic hydroxyl groups is 1. The lowest BCUT2D eigenvalue weighted by atomic mass is 9.96. The van der Waals surface area contributed by atoms with Crippen LogP contribution in [0.1, 0.15) is 49.3 Å². The molecule has 0 spiro atoms. The fourth-order valence-electron chi connectivity index (χ4n) is 5.50. The Hall–Kier alpha value is -4.22. The summed E-state index contributed by atoms with van der Waals surface area (Å²) in [5.41, 5.74) is 1.42. The maximum Gasteiger partial charge on any atom is 0.408 e. The van der Waals surface area contributed by atoms with Crippen LogP contribution in [0.4, 0.5) is 4.79 Å². The van der Waals surface area contributed by atoms with E-state index >= 15 is 0 Å². The number of carbonyl (C=O) groups excluding carboxylic acids is 4. The van der Waals surface area contributed by atoms with Crippen molar-refractivity contribution in [3.05, 3.63) is 83.9 Å². The van der Waals surface area contributed by atoms with Crippen LogP contribution in [0.2, 0.25) is 0 Å². The first-order valence-electron chi connectivity index (χ1n) is 15.0. The van der Waals surface area contributed by atoms with Gasteiger partial charge in [0.2, 0.25) is 11.8 Å². The molecule has 2 heterocycles. The lowest BCUT2D eigenvalue weighted by Crippen LogP contribution is -2.49. The molecule has 44 heavy (non-hydrogen) atoms. The van der Waals surface area contributed by atoms with Crippen LogP contribution >= 0.6 is 0 Å². The highest BCUT2D eigenvalue weighted by molar-refractivity contribution is 5.86. The number of likely N-dealkylation sites (tertiary alicyclic amines) is 1. The molecule has 11 heteroatoms. The molecule has 0 saturated carbocycles. The van der Waals surface area contributed by atoms with E-state index in [2.05, 4.69) is 10.6 Å². The van der Waals surface area contributed by atoms with Crippen molar-refractivity contribution in [3.8, 4) is 0 Å². The second-order valence-electron chi connectivity index (χ2n) is 11.0. The van der Waals surface area contributed by atoms with E-state index < -0.39 is 36.2 Å². The van der Waals surface area contributed by atoms with Crippen LogP contribution in [-0.2, 0) is 35.2 Å². The second kappa shape index (κ2) is 16.6. The summed E-state index contributed by atoms with van der Waals surface area (Å²) in [5, 5.41) is 15.3. The topological polar surface area (TPSA) is 144 Å². The van der Waals surface area contributed by atoms with Crippen molar-refractivity contribution >= 4 is 23.9 Å². The van der Waals surface area contributed by atoms with Gasteiger partial charge in [0.25, 0.3) is 0 Å². The third-order valence-electron chi connectivity index (χ3n) is 7.86. The minimum absolute atomic E-state index is 0.0189. The van der Waals surface area contributed by atoms with Crippen molar-refractivity contribution < 1.29 is 38.5 Å². The van der Waals surface area contributed by atoms with E-state index in [0.29, 0.717) is 12.1 Å². The van der Waals surface area contributed by atoms with Gasteiger partial charge in [-0.05, 0) is 36.8 Å². The van der Waals surface area contributed by atoms with Gasteiger partial charge in [0, 0.05) is 20.1 Å². The van der Waals surface area contributed by atoms with E-state index in [1.807, 2.05) is 36.4 Å². The van der Waals surface area contributed by atoms with Crippen LogP contribution in [0, 0.1) is 5.92 Å². The molecule has 1 fully saturated rings. The van der Waals surface area contributed by atoms with Crippen LogP contribution in [0.25, 0.3) is 0 Å². The summed E-state index contributed by atoms with van der Waals surface area (Å²) in [7, 11) is 1.48. The highest BCUT2D eigenvalue weighted by Gasteiger charge is 2.36. The van der Waals surface area contributed by atoms with Gasteiger partial charge < -0.3 is 34.9 Å². The molecule has 5 atom stereocenters. The summed E-state index contributed by atoms with van der Waals surface area (Å²) in [5.74, 6) is -1.99. The number of ether oxygens (including phenoxy) is 3. The molecule has 0 aromatic heterocycles. The number of aliphatic hydroxyl groups excluding tert-OH is 1. The summed E-state index contributed by atoms with van der Waals surface area (Å²) in [6, 6.07) is 16.0. The smallest absolute Gasteiger partial charge is 0.408 e. The highest BCUT2D eigenvalue weighted by atomic mass is 16.6. The average Bonchev–Trinajstić information content (AvgIpc) is 3.53. The fourth-order valence-corrected chi connectivity index (χ4v) is 5.50. The highest BCUT2D eigenvalue weighted by Crippen LogP contribution is 2.26. The number of nitrogens with zero attached hydrogens (tertiary/aromatic N) is 1. The van der Waals surface area contributed by atoms with Gasteiger partial charge in [-0.2, -0.15) is 0 Å². The molecule has 2 aliphatic heterocycles. The van der Waals surface area contributed by atoms with E-state index in [1.165, 1.54) is 7.11 Å². The minimum Gasteiger partial charge on any atom is -0.454 e. The van der Waals surface area contributed by atoms with Crippen molar-refractivity contribution in [2.75, 3.05) is 26.9 Å². The van der Waals surface area contributed by atoms with Crippen LogP contribution in [-0.4, -0.2) is 78.9 Å². The van der Waals surface area contributed by atoms with Gasteiger partial charge in [0.1, 0.15) is 18.8 Å². The molecule has 0 unspecified atom stereocenters. The molecular weight excluding hydrogens is 566 g/mol. The first-order chi connectivity index (χ1) is 21.4. The van der Waals surface area contributed by atoms with Crippen molar-refractivity contribution in [1.82, 2.24) is 15.5 Å². The molecule has 4 rings (SSSR count). The molecule has 3 N–H and O–H groups in total. The third kappa shape index (κ3) is 9.14. The van der Waals surface area contributed by atoms with Crippen molar-refractivity contribution in [1.29, 1.82) is 0 Å². The lowest BCUT2D eigenvalue weighted by molar-refractivity contribution is -0.155. The number of cyclic esters (lactones) is 1. The van der Waals surface area contributed by atoms with Crippen molar-refractivity contribution in [2.24, 2.45) is 5.92 Å². The van der Waals surface area contributed by atoms with E-state index in [0.717, 1.165) is 18.4 Å². The standard InChI is InChI=1S/C33H41N3O8/c1-42-22-28-30(24-13-6-3-7-14-24)44-32(40)27(35-33(41)43-21-23-11-4-2-5-12-23)17-9-8-15-25(31(39)34-28)19-29(38)36-18-10-16-26(36)20-37/h2-9,11-14,25-28,30,37H,10,15-22H2,1H3,(H,34,39)(H,35,41)/t25-,26+,27-,28+,30+/m1/s1. The van der Waals surface area contributed by atoms with Crippen molar-refractivity contribution in [3.63, 3.8) is 0 Å². The van der Waals surface area contributed by atoms with Gasteiger partial charge in [-0.1, -0.05) is 72.8 Å². The number of hydrogen-bond acceptors (Lipinski definition) is 8. The maximum absolute atomic E-state index is 13.6. The minimum atomic E-state index is -1.07. The zero-order valence-corrected chi connectivity index (χ0v) is 24.9. The molecule has 2 aromatic rings. The molecule has 2 aliphatic rings. The number of esters is 1. The second-order valence-corrected chi connectivity index (χ2v) is 11.0. The monoisotopic (exact) mass is 607 g/mol. The quantitative estimate of drug-likeness (QED) is 0.292. The summed E-state index contributed by atoms with van der Waals surface area (Å²) < 4.78 is 16.8. The number of benzene rings is 2. The molecule has 11 nitrogen and oxygen atoms in total. The Morgan fingerprint density at radius 1 is 1.05 bits per heavy atom. The summed E-state index contributed by atoms with van der Waals surface area (Å²) in [4.78, 5) is 54.8. The van der Waals surface area contributed by atoms with E-state index in [1.54, 1.807) is 41.3 Å². The Balaban J connectivity index is 1.57. The number of nitrogens with one attached hydrogen (secondary N) is 2. The molecule has 2 aromatic carbocycles. The molecule has 0 aliphatic carbocycles. The third-order valence-corrected chi connectivity index (χ3v) is 7.86. The normalized spacial score (nSPS) is 24.4. The number of carbonyl (C=O) groups is 4. The Morgan fingerprint density at radius 2 is 1.75 bits per heavy atom. The van der Waals surface area contributed by atoms with Gasteiger partial charge in [-0.25, -0.2) is 9.59 Å². The largest absolute Gasteiger partial charge is 0.454 e. The summed E-state index contributed by atoms with van der Waals surface area (Å²) >= 11 is 0. The summed E-state index contributed by atoms with van der Waals surface area (Å²) in [6.45, 7) is 0.471. The molecule has 1 saturated heterocycles. The zero-order chi connectivity index (χ0) is 31.3. The molecular formula is C33H41N3O8. The molecule has 0 bridgehead atoms. The zero-order valence-electron chi connectivity index (χ0n) is 24.9. The van der Waals surface area contributed by atoms with Crippen molar-refractivity contribution in [2.45, 2.75) is 62.9 Å². The Kier molecular flexibility index (Phi) is 12.3. The van der Waals surface area contributed by atoms with Crippen LogP contribution in [0.3, 0.4) is 0 Å². The van der Waals surface area contributed by atoms with Gasteiger partial charge in [-0.15, -0.1) is 0 Å². The number of allylic oxidation sites excluding steroid dienone is 1. The number of alkyl carbamates (subject to hydrolysis) is 1. The molecule has 236 valence electrons. The SMILES string of the molecule is COC[C@@H]1NC(=O)[C@@H](CC(=O)N2CCC[C@H]2CO)CC=CC[C@@H](NC(=O)OCc2ccccc2)C(=O)O[C@H]1c1ccccc1. The first kappa shape index (κ1) is 32.7. The van der Waals surface area contributed by atoms with Crippen LogP contribution in [0.5, 0.6) is 0 Å². The lowest BCUT2D eigenvalue weighted by Gasteiger charge is -2.31.